The lowest BCUT2D eigenvalue weighted by molar-refractivity contribution is -0.113. The van der Waals surface area contributed by atoms with Crippen LogP contribution in [0.1, 0.15) is 18.4 Å². The summed E-state index contributed by atoms with van der Waals surface area (Å²) in [5, 5.41) is 5.81. The summed E-state index contributed by atoms with van der Waals surface area (Å²) in [6.07, 6.45) is 3.83. The van der Waals surface area contributed by atoms with Gasteiger partial charge >= 0.3 is 0 Å². The molecule has 8 heteroatoms. The maximum atomic E-state index is 13.8. The summed E-state index contributed by atoms with van der Waals surface area (Å²) in [5.41, 5.74) is 0.994. The van der Waals surface area contributed by atoms with E-state index in [0.717, 1.165) is 31.5 Å². The van der Waals surface area contributed by atoms with Crippen LogP contribution in [0.25, 0.3) is 0 Å². The molecule has 2 aromatic carbocycles. The normalized spacial score (nSPS) is 17.0. The summed E-state index contributed by atoms with van der Waals surface area (Å²) in [6.45, 7) is 0.850. The first-order chi connectivity index (χ1) is 13.3. The van der Waals surface area contributed by atoms with Crippen molar-refractivity contribution >= 4 is 43.5 Å². The predicted octanol–water partition coefficient (Wildman–Crippen LogP) is 5.49. The maximum absolute atomic E-state index is 13.8. The van der Waals surface area contributed by atoms with Crippen LogP contribution >= 0.6 is 31.9 Å². The number of carbonyl (C=O) groups is 1. The first-order valence-corrected chi connectivity index (χ1v) is 10.3. The molecule has 1 amide bonds. The molecule has 148 valence electrons. The van der Waals surface area contributed by atoms with E-state index in [9.17, 15) is 18.0 Å². The summed E-state index contributed by atoms with van der Waals surface area (Å²) >= 11 is 6.17. The van der Waals surface area contributed by atoms with Crippen LogP contribution in [0.3, 0.4) is 0 Å². The van der Waals surface area contributed by atoms with Crippen molar-refractivity contribution < 1.29 is 18.0 Å². The molecule has 0 spiro atoms. The van der Waals surface area contributed by atoms with Crippen molar-refractivity contribution in [2.24, 2.45) is 0 Å². The largest absolute Gasteiger partial charge is 0.322 e. The average Bonchev–Trinajstić information content (AvgIpc) is 3.15. The van der Waals surface area contributed by atoms with E-state index in [2.05, 4.69) is 42.5 Å². The van der Waals surface area contributed by atoms with Gasteiger partial charge in [0.2, 0.25) is 0 Å². The number of carbonyl (C=O) groups excluding carboxylic acids is 1. The van der Waals surface area contributed by atoms with Gasteiger partial charge in [-0.3, -0.25) is 4.79 Å². The first-order valence-electron chi connectivity index (χ1n) is 8.67. The van der Waals surface area contributed by atoms with Crippen LogP contribution < -0.4 is 10.6 Å². The Labute approximate surface area is 177 Å². The van der Waals surface area contributed by atoms with E-state index in [1.807, 2.05) is 0 Å². The van der Waals surface area contributed by atoms with E-state index in [4.69, 9.17) is 0 Å². The van der Waals surface area contributed by atoms with Gasteiger partial charge in [-0.05, 0) is 71.2 Å². The third kappa shape index (κ3) is 5.24. The van der Waals surface area contributed by atoms with E-state index in [-0.39, 0.29) is 22.6 Å². The number of hydrogen-bond donors (Lipinski definition) is 2. The quantitative estimate of drug-likeness (QED) is 0.407. The Bertz CT molecular complexity index is 905. The topological polar surface area (TPSA) is 41.1 Å². The van der Waals surface area contributed by atoms with Crippen LogP contribution in [-0.4, -0.2) is 18.5 Å². The lowest BCUT2D eigenvalue weighted by Gasteiger charge is -2.14. The number of halogens is 5. The second kappa shape index (κ2) is 9.24. The third-order valence-electron chi connectivity index (χ3n) is 4.42. The van der Waals surface area contributed by atoms with Crippen molar-refractivity contribution in [1.82, 2.24) is 5.32 Å². The highest BCUT2D eigenvalue weighted by atomic mass is 79.9. The van der Waals surface area contributed by atoms with Gasteiger partial charge in [-0.25, -0.2) is 13.2 Å². The molecule has 0 radical (unpaired) electrons. The van der Waals surface area contributed by atoms with Gasteiger partial charge in [0, 0.05) is 28.2 Å². The molecule has 2 aromatic rings. The van der Waals surface area contributed by atoms with E-state index in [1.54, 1.807) is 12.1 Å². The van der Waals surface area contributed by atoms with Crippen LogP contribution in [0.5, 0.6) is 0 Å². The molecule has 3 nitrogen and oxygen atoms in total. The first kappa shape index (κ1) is 21.1. The van der Waals surface area contributed by atoms with Crippen molar-refractivity contribution in [3.63, 3.8) is 0 Å². The minimum Gasteiger partial charge on any atom is -0.322 e. The highest BCUT2D eigenvalue weighted by Gasteiger charge is 2.19. The smallest absolute Gasteiger partial charge is 0.251 e. The van der Waals surface area contributed by atoms with E-state index < -0.39 is 23.4 Å². The molecule has 0 aliphatic carbocycles. The molecule has 2 N–H and O–H groups in total. The molecular formula is C20H17Br2F3N2O. The number of nitrogens with one attached hydrogen (secondary N) is 2. The lowest BCUT2D eigenvalue weighted by Crippen LogP contribution is -2.23. The Kier molecular flexibility index (Phi) is 6.95. The van der Waals surface area contributed by atoms with Gasteiger partial charge in [-0.15, -0.1) is 0 Å². The second-order valence-corrected chi connectivity index (χ2v) is 8.16. The highest BCUT2D eigenvalue weighted by molar-refractivity contribution is 9.10. The Morgan fingerprint density at radius 3 is 2.54 bits per heavy atom. The lowest BCUT2D eigenvalue weighted by atomic mass is 10.0. The zero-order valence-corrected chi connectivity index (χ0v) is 17.8. The van der Waals surface area contributed by atoms with Crippen molar-refractivity contribution in [2.45, 2.75) is 25.3 Å². The van der Waals surface area contributed by atoms with Crippen molar-refractivity contribution in [3.05, 3.63) is 73.9 Å². The number of anilines is 1. The Morgan fingerprint density at radius 2 is 1.89 bits per heavy atom. The summed E-state index contributed by atoms with van der Waals surface area (Å²) < 4.78 is 41.5. The Morgan fingerprint density at radius 1 is 1.18 bits per heavy atom. The summed E-state index contributed by atoms with van der Waals surface area (Å²) in [6, 6.07) is 6.35. The Balaban J connectivity index is 1.87. The number of hydrogen-bond acceptors (Lipinski definition) is 2. The molecule has 1 unspecified atom stereocenters. The molecule has 1 saturated heterocycles. The molecule has 1 fully saturated rings. The van der Waals surface area contributed by atoms with Gasteiger partial charge in [-0.2, -0.15) is 0 Å². The highest BCUT2D eigenvalue weighted by Crippen LogP contribution is 2.26. The standard InChI is InChI=1S/C20H17Br2F3N2O/c21-16-4-3-13(23)7-11(16)6-12(8-14-2-1-5-26-14)20(28)27-15-9-17(24)19(22)18(25)10-15/h3-4,7-10,14,26H,1-2,5-6H2,(H,27,28)/b12-8+. The van der Waals surface area contributed by atoms with Crippen molar-refractivity contribution in [1.29, 1.82) is 0 Å². The van der Waals surface area contributed by atoms with Gasteiger partial charge in [0.1, 0.15) is 17.5 Å². The minimum absolute atomic E-state index is 0.00629. The summed E-state index contributed by atoms with van der Waals surface area (Å²) in [5.74, 6) is -2.53. The fraction of sp³-hybridized carbons (Fsp3) is 0.250. The van der Waals surface area contributed by atoms with E-state index in [1.165, 1.54) is 12.1 Å². The zero-order chi connectivity index (χ0) is 20.3. The van der Waals surface area contributed by atoms with E-state index >= 15 is 0 Å². The fourth-order valence-electron chi connectivity index (χ4n) is 3.03. The SMILES string of the molecule is O=C(Nc1cc(F)c(Br)c(F)c1)/C(=C/C1CCCN1)Cc1cc(F)ccc1Br. The van der Waals surface area contributed by atoms with Gasteiger partial charge in [0.25, 0.3) is 5.91 Å². The van der Waals surface area contributed by atoms with Gasteiger partial charge in [0.15, 0.2) is 0 Å². The molecule has 1 aliphatic heterocycles. The van der Waals surface area contributed by atoms with Crippen LogP contribution in [0.2, 0.25) is 0 Å². The van der Waals surface area contributed by atoms with Gasteiger partial charge in [-0.1, -0.05) is 22.0 Å². The molecule has 1 atom stereocenters. The molecular weight excluding hydrogens is 501 g/mol. The van der Waals surface area contributed by atoms with Gasteiger partial charge < -0.3 is 10.6 Å². The maximum Gasteiger partial charge on any atom is 0.251 e. The fourth-order valence-corrected chi connectivity index (χ4v) is 3.65. The predicted molar refractivity (Wildman–Crippen MR) is 110 cm³/mol. The van der Waals surface area contributed by atoms with Crippen LogP contribution in [0, 0.1) is 17.5 Å². The molecule has 0 saturated carbocycles. The summed E-state index contributed by atoms with van der Waals surface area (Å²) in [7, 11) is 0. The van der Waals surface area contributed by atoms with E-state index in [0.29, 0.717) is 15.6 Å². The van der Waals surface area contributed by atoms with Crippen molar-refractivity contribution in [3.8, 4) is 0 Å². The molecule has 1 aliphatic rings. The van der Waals surface area contributed by atoms with Crippen molar-refractivity contribution in [2.75, 3.05) is 11.9 Å². The monoisotopic (exact) mass is 516 g/mol. The molecule has 1 heterocycles. The zero-order valence-electron chi connectivity index (χ0n) is 14.7. The average molecular weight is 518 g/mol. The van der Waals surface area contributed by atoms with Crippen LogP contribution in [0.4, 0.5) is 18.9 Å². The number of amides is 1. The number of benzene rings is 2. The molecule has 3 rings (SSSR count). The molecule has 0 aromatic heterocycles. The van der Waals surface area contributed by atoms with Crippen LogP contribution in [-0.2, 0) is 11.2 Å². The van der Waals surface area contributed by atoms with Crippen LogP contribution in [0.15, 0.2) is 50.9 Å². The summed E-state index contributed by atoms with van der Waals surface area (Å²) in [4.78, 5) is 12.8. The second-order valence-electron chi connectivity index (χ2n) is 6.52. The molecule has 0 bridgehead atoms. The third-order valence-corrected chi connectivity index (χ3v) is 5.95. The van der Waals surface area contributed by atoms with Gasteiger partial charge in [0.05, 0.1) is 4.47 Å². The Hall–Kier alpha value is -1.64. The number of rotatable bonds is 5. The molecule has 28 heavy (non-hydrogen) atoms. The minimum atomic E-state index is -0.814.